The normalized spacial score (nSPS) is 14.9. The van der Waals surface area contributed by atoms with Crippen LogP contribution in [0.5, 0.6) is 0 Å². The molecule has 1 aromatic heterocycles. The maximum atomic E-state index is 13.8. The average Bonchev–Trinajstić information content (AvgIpc) is 2.55. The number of aromatic nitrogens is 2. The van der Waals surface area contributed by atoms with Crippen LogP contribution < -0.4 is 9.80 Å². The van der Waals surface area contributed by atoms with E-state index in [4.69, 9.17) is 5.26 Å². The highest BCUT2D eigenvalue weighted by Gasteiger charge is 2.22. The van der Waals surface area contributed by atoms with Crippen LogP contribution in [0.25, 0.3) is 0 Å². The van der Waals surface area contributed by atoms with Gasteiger partial charge in [-0.1, -0.05) is 12.1 Å². The zero-order valence-corrected chi connectivity index (χ0v) is 11.4. The Kier molecular flexibility index (Phi) is 3.65. The van der Waals surface area contributed by atoms with Crippen LogP contribution in [-0.4, -0.2) is 36.4 Å². The molecule has 1 aliphatic heterocycles. The van der Waals surface area contributed by atoms with Crippen molar-refractivity contribution in [3.05, 3.63) is 47.9 Å². The van der Waals surface area contributed by atoms with E-state index in [1.807, 2.05) is 15.9 Å². The number of piperazine rings is 1. The van der Waals surface area contributed by atoms with Gasteiger partial charge in [-0.2, -0.15) is 10.4 Å². The van der Waals surface area contributed by atoms with E-state index in [2.05, 4.69) is 16.3 Å². The summed E-state index contributed by atoms with van der Waals surface area (Å²) in [6.07, 6.45) is 1.51. The molecule has 1 aromatic carbocycles. The Morgan fingerprint density at radius 2 is 1.76 bits per heavy atom. The lowest BCUT2D eigenvalue weighted by Crippen LogP contribution is -2.47. The molecule has 0 saturated carbocycles. The van der Waals surface area contributed by atoms with Gasteiger partial charge in [-0.3, -0.25) is 0 Å². The van der Waals surface area contributed by atoms with Crippen LogP contribution in [0.2, 0.25) is 0 Å². The summed E-state index contributed by atoms with van der Waals surface area (Å²) in [6.45, 7) is 2.73. The van der Waals surface area contributed by atoms with Gasteiger partial charge in [0.1, 0.15) is 11.9 Å². The summed E-state index contributed by atoms with van der Waals surface area (Å²) in [4.78, 5) is 4.02. The Labute approximate surface area is 122 Å². The molecule has 6 heteroatoms. The molecule has 0 N–H and O–H groups in total. The van der Waals surface area contributed by atoms with Crippen molar-refractivity contribution in [1.82, 2.24) is 10.2 Å². The summed E-state index contributed by atoms with van der Waals surface area (Å²) in [5.74, 6) is 0.399. The SMILES string of the molecule is N#Cc1ccnnc1N1CCN(c2ccccc2F)CC1. The molecule has 0 aliphatic carbocycles. The Morgan fingerprint density at radius 1 is 1.05 bits per heavy atom. The van der Waals surface area contributed by atoms with Gasteiger partial charge in [0.2, 0.25) is 0 Å². The highest BCUT2D eigenvalue weighted by Crippen LogP contribution is 2.22. The molecular formula is C15H14FN5. The standard InChI is InChI=1S/C15H14FN5/c16-13-3-1-2-4-14(13)20-7-9-21(10-8-20)15-12(11-17)5-6-18-19-15/h1-6H,7-10H2. The van der Waals surface area contributed by atoms with E-state index in [0.717, 1.165) is 0 Å². The molecule has 5 nitrogen and oxygen atoms in total. The molecule has 21 heavy (non-hydrogen) atoms. The van der Waals surface area contributed by atoms with E-state index in [1.165, 1.54) is 12.3 Å². The topological polar surface area (TPSA) is 56.1 Å². The van der Waals surface area contributed by atoms with Gasteiger partial charge in [-0.25, -0.2) is 4.39 Å². The predicted octanol–water partition coefficient (Wildman–Crippen LogP) is 1.81. The lowest BCUT2D eigenvalue weighted by Gasteiger charge is -2.36. The third-order valence-corrected chi connectivity index (χ3v) is 3.59. The second-order valence-corrected chi connectivity index (χ2v) is 4.81. The number of hydrogen-bond donors (Lipinski definition) is 0. The maximum absolute atomic E-state index is 13.8. The first kappa shape index (κ1) is 13.3. The fourth-order valence-corrected chi connectivity index (χ4v) is 2.51. The first-order chi connectivity index (χ1) is 10.3. The third kappa shape index (κ3) is 2.63. The lowest BCUT2D eigenvalue weighted by molar-refractivity contribution is 0.595. The molecule has 0 spiro atoms. The number of nitriles is 1. The molecule has 0 bridgehead atoms. The molecule has 2 aromatic rings. The highest BCUT2D eigenvalue weighted by atomic mass is 19.1. The third-order valence-electron chi connectivity index (χ3n) is 3.59. The predicted molar refractivity (Wildman–Crippen MR) is 77.6 cm³/mol. The number of anilines is 2. The van der Waals surface area contributed by atoms with Gasteiger partial charge in [-0.05, 0) is 18.2 Å². The van der Waals surface area contributed by atoms with Crippen molar-refractivity contribution in [2.75, 3.05) is 36.0 Å². The summed E-state index contributed by atoms with van der Waals surface area (Å²) < 4.78 is 13.8. The van der Waals surface area contributed by atoms with E-state index < -0.39 is 0 Å². The van der Waals surface area contributed by atoms with Crippen molar-refractivity contribution in [2.24, 2.45) is 0 Å². The van der Waals surface area contributed by atoms with Gasteiger partial charge in [0, 0.05) is 26.2 Å². The quantitative estimate of drug-likeness (QED) is 0.841. The monoisotopic (exact) mass is 283 g/mol. The van der Waals surface area contributed by atoms with Gasteiger partial charge in [-0.15, -0.1) is 5.10 Å². The van der Waals surface area contributed by atoms with Crippen LogP contribution in [-0.2, 0) is 0 Å². The number of nitrogens with zero attached hydrogens (tertiary/aromatic N) is 5. The summed E-state index contributed by atoms with van der Waals surface area (Å²) in [6, 6.07) is 10.6. The summed E-state index contributed by atoms with van der Waals surface area (Å²) in [5, 5.41) is 17.0. The minimum atomic E-state index is -0.205. The molecule has 3 rings (SSSR count). The summed E-state index contributed by atoms with van der Waals surface area (Å²) in [5.41, 5.74) is 1.14. The van der Waals surface area contributed by atoms with E-state index in [0.29, 0.717) is 43.2 Å². The van der Waals surface area contributed by atoms with Crippen molar-refractivity contribution in [3.8, 4) is 6.07 Å². The van der Waals surface area contributed by atoms with Gasteiger partial charge in [0.05, 0.1) is 17.4 Å². The Balaban J connectivity index is 1.74. The van der Waals surface area contributed by atoms with Gasteiger partial charge in [0.15, 0.2) is 5.82 Å². The van der Waals surface area contributed by atoms with Crippen molar-refractivity contribution >= 4 is 11.5 Å². The zero-order valence-electron chi connectivity index (χ0n) is 11.4. The molecule has 106 valence electrons. The Bertz CT molecular complexity index is 674. The molecule has 1 fully saturated rings. The maximum Gasteiger partial charge on any atom is 0.169 e. The first-order valence-corrected chi connectivity index (χ1v) is 6.76. The minimum absolute atomic E-state index is 0.205. The van der Waals surface area contributed by atoms with Crippen LogP contribution in [0, 0.1) is 17.1 Å². The van der Waals surface area contributed by atoms with E-state index in [-0.39, 0.29) is 5.82 Å². The van der Waals surface area contributed by atoms with Gasteiger partial charge >= 0.3 is 0 Å². The van der Waals surface area contributed by atoms with E-state index in [1.54, 1.807) is 18.2 Å². The number of hydrogen-bond acceptors (Lipinski definition) is 5. The van der Waals surface area contributed by atoms with Gasteiger partial charge < -0.3 is 9.80 Å². The second-order valence-electron chi connectivity index (χ2n) is 4.81. The molecule has 0 radical (unpaired) electrons. The summed E-state index contributed by atoms with van der Waals surface area (Å²) >= 11 is 0. The molecule has 1 saturated heterocycles. The van der Waals surface area contributed by atoms with Crippen molar-refractivity contribution in [2.45, 2.75) is 0 Å². The molecule has 0 amide bonds. The fourth-order valence-electron chi connectivity index (χ4n) is 2.51. The second kappa shape index (κ2) is 5.75. The van der Waals surface area contributed by atoms with Crippen molar-refractivity contribution in [1.29, 1.82) is 5.26 Å². The van der Waals surface area contributed by atoms with Crippen LogP contribution in [0.15, 0.2) is 36.5 Å². The highest BCUT2D eigenvalue weighted by molar-refractivity contribution is 5.55. The smallest absolute Gasteiger partial charge is 0.169 e. The number of rotatable bonds is 2. The van der Waals surface area contributed by atoms with Crippen molar-refractivity contribution in [3.63, 3.8) is 0 Å². The minimum Gasteiger partial charge on any atom is -0.366 e. The largest absolute Gasteiger partial charge is 0.366 e. The fraction of sp³-hybridized carbons (Fsp3) is 0.267. The molecule has 1 aliphatic rings. The summed E-state index contributed by atoms with van der Waals surface area (Å²) in [7, 11) is 0. The van der Waals surface area contributed by atoms with Crippen LogP contribution >= 0.6 is 0 Å². The van der Waals surface area contributed by atoms with Gasteiger partial charge in [0.25, 0.3) is 0 Å². The Morgan fingerprint density at radius 3 is 2.48 bits per heavy atom. The van der Waals surface area contributed by atoms with Crippen LogP contribution in [0.3, 0.4) is 0 Å². The van der Waals surface area contributed by atoms with E-state index >= 15 is 0 Å². The van der Waals surface area contributed by atoms with E-state index in [9.17, 15) is 4.39 Å². The number of halogens is 1. The van der Waals surface area contributed by atoms with Crippen LogP contribution in [0.4, 0.5) is 15.9 Å². The zero-order chi connectivity index (χ0) is 14.7. The molecule has 0 unspecified atom stereocenters. The molecular weight excluding hydrogens is 269 g/mol. The molecule has 0 atom stereocenters. The number of benzene rings is 1. The molecule has 2 heterocycles. The Hall–Kier alpha value is -2.68. The first-order valence-electron chi connectivity index (χ1n) is 6.76. The lowest BCUT2D eigenvalue weighted by atomic mass is 10.2. The van der Waals surface area contributed by atoms with Crippen LogP contribution in [0.1, 0.15) is 5.56 Å². The van der Waals surface area contributed by atoms with Crippen molar-refractivity contribution < 1.29 is 4.39 Å². The number of para-hydroxylation sites is 1. The average molecular weight is 283 g/mol.